The van der Waals surface area contributed by atoms with Crippen molar-refractivity contribution in [1.82, 2.24) is 0 Å². The van der Waals surface area contributed by atoms with Gasteiger partial charge in [0, 0.05) is 16.6 Å². The minimum absolute atomic E-state index is 0.104. The molecule has 21 heavy (non-hydrogen) atoms. The molecule has 0 bridgehead atoms. The molecular weight excluding hydrogens is 328 g/mol. The molecule has 2 rings (SSSR count). The lowest BCUT2D eigenvalue weighted by atomic mass is 10.2. The number of amides is 1. The fourth-order valence-electron chi connectivity index (χ4n) is 1.94. The molecule has 0 radical (unpaired) electrons. The Morgan fingerprint density at radius 1 is 1.05 bits per heavy atom. The predicted molar refractivity (Wildman–Crippen MR) is 91.9 cm³/mol. The van der Waals surface area contributed by atoms with E-state index in [2.05, 4.69) is 33.5 Å². The fourth-order valence-corrected chi connectivity index (χ4v) is 2.21. The first kappa shape index (κ1) is 15.6. The molecule has 0 atom stereocenters. The van der Waals surface area contributed by atoms with Crippen molar-refractivity contribution in [3.8, 4) is 0 Å². The van der Waals surface area contributed by atoms with Crippen LogP contribution in [0.15, 0.2) is 53.0 Å². The Balaban J connectivity index is 2.08. The van der Waals surface area contributed by atoms with Gasteiger partial charge in [-0.3, -0.25) is 4.79 Å². The number of hydrogen-bond acceptors (Lipinski definition) is 2. The standard InChI is InChI=1S/C17H19BrN2O/c1-2-3-12-19-15-6-4-5-7-16(15)20-17(21)13-8-10-14(18)11-9-13/h4-11,19H,2-3,12H2,1H3,(H,20,21). The van der Waals surface area contributed by atoms with Gasteiger partial charge in [0.1, 0.15) is 0 Å². The maximum absolute atomic E-state index is 12.3. The molecule has 2 aromatic carbocycles. The van der Waals surface area contributed by atoms with Gasteiger partial charge in [-0.15, -0.1) is 0 Å². The molecule has 0 aliphatic heterocycles. The first-order valence-electron chi connectivity index (χ1n) is 7.10. The van der Waals surface area contributed by atoms with E-state index in [0.717, 1.165) is 35.2 Å². The van der Waals surface area contributed by atoms with Crippen LogP contribution in [0.1, 0.15) is 30.1 Å². The second-order valence-electron chi connectivity index (χ2n) is 4.79. The van der Waals surface area contributed by atoms with Crippen LogP contribution in [0.4, 0.5) is 11.4 Å². The number of para-hydroxylation sites is 2. The molecule has 4 heteroatoms. The van der Waals surface area contributed by atoms with Gasteiger partial charge in [-0.2, -0.15) is 0 Å². The SMILES string of the molecule is CCCCNc1ccccc1NC(=O)c1ccc(Br)cc1. The van der Waals surface area contributed by atoms with Gasteiger partial charge >= 0.3 is 0 Å². The first-order chi connectivity index (χ1) is 10.2. The van der Waals surface area contributed by atoms with Gasteiger partial charge in [0.15, 0.2) is 0 Å². The van der Waals surface area contributed by atoms with Crippen molar-refractivity contribution in [1.29, 1.82) is 0 Å². The van der Waals surface area contributed by atoms with Gasteiger partial charge in [0.25, 0.3) is 5.91 Å². The molecule has 2 aromatic rings. The molecule has 110 valence electrons. The van der Waals surface area contributed by atoms with Gasteiger partial charge in [-0.05, 0) is 42.8 Å². The summed E-state index contributed by atoms with van der Waals surface area (Å²) in [7, 11) is 0. The lowest BCUT2D eigenvalue weighted by Gasteiger charge is -2.13. The third kappa shape index (κ3) is 4.60. The molecule has 2 N–H and O–H groups in total. The van der Waals surface area contributed by atoms with Crippen molar-refractivity contribution in [2.24, 2.45) is 0 Å². The molecule has 0 aliphatic carbocycles. The molecule has 1 amide bonds. The number of anilines is 2. The van der Waals surface area contributed by atoms with Crippen LogP contribution >= 0.6 is 15.9 Å². The summed E-state index contributed by atoms with van der Waals surface area (Å²) in [5, 5.41) is 6.31. The second kappa shape index (κ2) is 7.84. The van der Waals surface area contributed by atoms with Gasteiger partial charge in [0.2, 0.25) is 0 Å². The zero-order chi connectivity index (χ0) is 15.1. The third-order valence-electron chi connectivity index (χ3n) is 3.13. The molecule has 0 unspecified atom stereocenters. The summed E-state index contributed by atoms with van der Waals surface area (Å²) in [6.45, 7) is 3.06. The number of benzene rings is 2. The lowest BCUT2D eigenvalue weighted by Crippen LogP contribution is -2.13. The number of carbonyl (C=O) groups excluding carboxylic acids is 1. The minimum Gasteiger partial charge on any atom is -0.383 e. The minimum atomic E-state index is -0.104. The number of halogens is 1. The normalized spacial score (nSPS) is 10.2. The van der Waals surface area contributed by atoms with Crippen LogP contribution < -0.4 is 10.6 Å². The molecule has 0 aromatic heterocycles. The highest BCUT2D eigenvalue weighted by atomic mass is 79.9. The largest absolute Gasteiger partial charge is 0.383 e. The number of carbonyl (C=O) groups is 1. The summed E-state index contributed by atoms with van der Waals surface area (Å²) in [6, 6.07) is 15.1. The van der Waals surface area contributed by atoms with E-state index in [4.69, 9.17) is 0 Å². The summed E-state index contributed by atoms with van der Waals surface area (Å²) < 4.78 is 0.959. The van der Waals surface area contributed by atoms with Crippen LogP contribution in [0.25, 0.3) is 0 Å². The van der Waals surface area contributed by atoms with E-state index in [0.29, 0.717) is 5.56 Å². The first-order valence-corrected chi connectivity index (χ1v) is 7.90. The Labute approximate surface area is 133 Å². The van der Waals surface area contributed by atoms with Crippen molar-refractivity contribution in [2.45, 2.75) is 19.8 Å². The van der Waals surface area contributed by atoms with Gasteiger partial charge in [0.05, 0.1) is 11.4 Å². The third-order valence-corrected chi connectivity index (χ3v) is 3.66. The number of hydrogen-bond donors (Lipinski definition) is 2. The smallest absolute Gasteiger partial charge is 0.255 e. The summed E-state index contributed by atoms with van der Waals surface area (Å²) in [4.78, 5) is 12.3. The average molecular weight is 347 g/mol. The highest BCUT2D eigenvalue weighted by Crippen LogP contribution is 2.22. The molecule has 0 fully saturated rings. The molecule has 0 heterocycles. The quantitative estimate of drug-likeness (QED) is 0.729. The van der Waals surface area contributed by atoms with E-state index < -0.39 is 0 Å². The Morgan fingerprint density at radius 2 is 1.71 bits per heavy atom. The molecule has 0 aliphatic rings. The highest BCUT2D eigenvalue weighted by Gasteiger charge is 2.08. The highest BCUT2D eigenvalue weighted by molar-refractivity contribution is 9.10. The van der Waals surface area contributed by atoms with Crippen LogP contribution in [0.2, 0.25) is 0 Å². The van der Waals surface area contributed by atoms with E-state index in [-0.39, 0.29) is 5.91 Å². The number of unbranched alkanes of at least 4 members (excludes halogenated alkanes) is 1. The van der Waals surface area contributed by atoms with E-state index in [9.17, 15) is 4.79 Å². The Morgan fingerprint density at radius 3 is 2.38 bits per heavy atom. The molecule has 0 spiro atoms. The van der Waals surface area contributed by atoms with Crippen LogP contribution in [0.5, 0.6) is 0 Å². The van der Waals surface area contributed by atoms with Gasteiger partial charge in [-0.25, -0.2) is 0 Å². The van der Waals surface area contributed by atoms with E-state index in [1.54, 1.807) is 12.1 Å². The monoisotopic (exact) mass is 346 g/mol. The van der Waals surface area contributed by atoms with Crippen LogP contribution in [0.3, 0.4) is 0 Å². The van der Waals surface area contributed by atoms with Crippen LogP contribution in [-0.4, -0.2) is 12.5 Å². The van der Waals surface area contributed by atoms with Crippen molar-refractivity contribution >= 4 is 33.2 Å². The topological polar surface area (TPSA) is 41.1 Å². The molecular formula is C17H19BrN2O. The maximum atomic E-state index is 12.3. The van der Waals surface area contributed by atoms with Gasteiger partial charge < -0.3 is 10.6 Å². The van der Waals surface area contributed by atoms with Crippen molar-refractivity contribution in [3.63, 3.8) is 0 Å². The number of nitrogens with one attached hydrogen (secondary N) is 2. The lowest BCUT2D eigenvalue weighted by molar-refractivity contribution is 0.102. The van der Waals surface area contributed by atoms with Crippen molar-refractivity contribution in [3.05, 3.63) is 58.6 Å². The summed E-state index contributed by atoms with van der Waals surface area (Å²) in [5.41, 5.74) is 2.40. The zero-order valence-electron chi connectivity index (χ0n) is 12.0. The Bertz CT molecular complexity index is 596. The molecule has 3 nitrogen and oxygen atoms in total. The summed E-state index contributed by atoms with van der Waals surface area (Å²) in [5.74, 6) is -0.104. The molecule has 0 saturated carbocycles. The van der Waals surface area contributed by atoms with E-state index >= 15 is 0 Å². The Kier molecular flexibility index (Phi) is 5.81. The zero-order valence-corrected chi connectivity index (χ0v) is 13.6. The van der Waals surface area contributed by atoms with Crippen molar-refractivity contribution in [2.75, 3.05) is 17.2 Å². The predicted octanol–water partition coefficient (Wildman–Crippen LogP) is 4.91. The average Bonchev–Trinajstić information content (AvgIpc) is 2.50. The van der Waals surface area contributed by atoms with Gasteiger partial charge in [-0.1, -0.05) is 41.4 Å². The van der Waals surface area contributed by atoms with E-state index in [1.807, 2.05) is 36.4 Å². The van der Waals surface area contributed by atoms with Crippen LogP contribution in [-0.2, 0) is 0 Å². The molecule has 0 saturated heterocycles. The van der Waals surface area contributed by atoms with Crippen LogP contribution in [0, 0.1) is 0 Å². The fraction of sp³-hybridized carbons (Fsp3) is 0.235. The maximum Gasteiger partial charge on any atom is 0.255 e. The number of rotatable bonds is 6. The second-order valence-corrected chi connectivity index (χ2v) is 5.70. The van der Waals surface area contributed by atoms with E-state index in [1.165, 1.54) is 0 Å². The summed E-state index contributed by atoms with van der Waals surface area (Å²) >= 11 is 3.37. The Hall–Kier alpha value is -1.81. The van der Waals surface area contributed by atoms with Crippen molar-refractivity contribution < 1.29 is 4.79 Å². The summed E-state index contributed by atoms with van der Waals surface area (Å²) in [6.07, 6.45) is 2.25.